The molecule has 2 rings (SSSR count). The molecule has 0 atom stereocenters. The number of hydrogen-bond acceptors (Lipinski definition) is 3. The van der Waals surface area contributed by atoms with Gasteiger partial charge in [-0.05, 0) is 42.8 Å². The van der Waals surface area contributed by atoms with Crippen molar-refractivity contribution in [3.8, 4) is 5.75 Å². The molecular formula is C14H14BrFN2O. The average molecular weight is 325 g/mol. The van der Waals surface area contributed by atoms with Gasteiger partial charge in [-0.3, -0.25) is 0 Å². The summed E-state index contributed by atoms with van der Waals surface area (Å²) in [5.41, 5.74) is 0.935. The highest BCUT2D eigenvalue weighted by Gasteiger charge is 2.05. The largest absolute Gasteiger partial charge is 0.486 e. The molecule has 0 saturated heterocycles. The van der Waals surface area contributed by atoms with Crippen LogP contribution in [0.25, 0.3) is 0 Å². The second-order valence-corrected chi connectivity index (χ2v) is 4.86. The van der Waals surface area contributed by atoms with Gasteiger partial charge in [-0.15, -0.1) is 0 Å². The van der Waals surface area contributed by atoms with Crippen molar-refractivity contribution in [2.75, 3.05) is 11.9 Å². The summed E-state index contributed by atoms with van der Waals surface area (Å²) in [5, 5.41) is 3.12. The Morgan fingerprint density at radius 2 is 2.16 bits per heavy atom. The van der Waals surface area contributed by atoms with Crippen LogP contribution in [0.2, 0.25) is 0 Å². The molecule has 0 aliphatic rings. The minimum Gasteiger partial charge on any atom is -0.486 e. The Morgan fingerprint density at radius 1 is 1.32 bits per heavy atom. The Bertz CT molecular complexity index is 563. The highest BCUT2D eigenvalue weighted by Crippen LogP contribution is 2.23. The van der Waals surface area contributed by atoms with Gasteiger partial charge in [0.2, 0.25) is 0 Å². The van der Waals surface area contributed by atoms with Crippen molar-refractivity contribution >= 4 is 21.7 Å². The van der Waals surface area contributed by atoms with Crippen molar-refractivity contribution < 1.29 is 9.13 Å². The van der Waals surface area contributed by atoms with Gasteiger partial charge in [-0.1, -0.05) is 15.9 Å². The highest BCUT2D eigenvalue weighted by atomic mass is 79.9. The number of nitrogens with zero attached hydrogens (tertiary/aromatic N) is 1. The molecule has 0 fully saturated rings. The lowest BCUT2D eigenvalue weighted by atomic mass is 10.2. The maximum Gasteiger partial charge on any atom is 0.165 e. The first kappa shape index (κ1) is 13.8. The predicted molar refractivity (Wildman–Crippen MR) is 76.8 cm³/mol. The number of benzene rings is 1. The maximum atomic E-state index is 13.5. The summed E-state index contributed by atoms with van der Waals surface area (Å²) in [7, 11) is 0. The Hall–Kier alpha value is -1.62. The SMILES string of the molecule is CCNc1cc(COc2cc(Br)ccc2F)ccn1. The molecule has 0 spiro atoms. The molecule has 0 amide bonds. The molecule has 1 aromatic carbocycles. The lowest BCUT2D eigenvalue weighted by Gasteiger charge is -2.09. The molecule has 19 heavy (non-hydrogen) atoms. The molecule has 1 heterocycles. The summed E-state index contributed by atoms with van der Waals surface area (Å²) >= 11 is 3.29. The summed E-state index contributed by atoms with van der Waals surface area (Å²) in [4.78, 5) is 4.17. The molecule has 2 aromatic rings. The number of aromatic nitrogens is 1. The zero-order valence-corrected chi connectivity index (χ0v) is 12.1. The number of nitrogens with one attached hydrogen (secondary N) is 1. The number of halogens is 2. The van der Waals surface area contributed by atoms with Gasteiger partial charge < -0.3 is 10.1 Å². The summed E-state index contributed by atoms with van der Waals surface area (Å²) in [5.74, 6) is 0.652. The first-order chi connectivity index (χ1) is 9.19. The van der Waals surface area contributed by atoms with E-state index < -0.39 is 0 Å². The van der Waals surface area contributed by atoms with Gasteiger partial charge in [0.05, 0.1) is 0 Å². The van der Waals surface area contributed by atoms with Crippen LogP contribution in [0.15, 0.2) is 41.0 Å². The normalized spacial score (nSPS) is 10.3. The van der Waals surface area contributed by atoms with Gasteiger partial charge in [0, 0.05) is 17.2 Å². The van der Waals surface area contributed by atoms with E-state index in [1.54, 1.807) is 18.3 Å². The summed E-state index contributed by atoms with van der Waals surface area (Å²) in [6.45, 7) is 3.10. The van der Waals surface area contributed by atoms with Crippen molar-refractivity contribution in [2.24, 2.45) is 0 Å². The van der Waals surface area contributed by atoms with Crippen molar-refractivity contribution in [1.29, 1.82) is 0 Å². The number of pyridine rings is 1. The molecule has 0 aliphatic carbocycles. The summed E-state index contributed by atoms with van der Waals surface area (Å²) in [6, 6.07) is 8.35. The van der Waals surface area contributed by atoms with Gasteiger partial charge >= 0.3 is 0 Å². The second kappa shape index (κ2) is 6.52. The van der Waals surface area contributed by atoms with Crippen molar-refractivity contribution in [3.63, 3.8) is 0 Å². The molecule has 0 saturated carbocycles. The molecule has 0 radical (unpaired) electrons. The van der Waals surface area contributed by atoms with E-state index in [4.69, 9.17) is 4.74 Å². The number of ether oxygens (including phenoxy) is 1. The van der Waals surface area contributed by atoms with E-state index in [9.17, 15) is 4.39 Å². The summed E-state index contributed by atoms with van der Waals surface area (Å²) in [6.07, 6.45) is 1.70. The lowest BCUT2D eigenvalue weighted by molar-refractivity contribution is 0.290. The molecular weight excluding hydrogens is 311 g/mol. The van der Waals surface area contributed by atoms with E-state index in [1.807, 2.05) is 19.1 Å². The van der Waals surface area contributed by atoms with Crippen molar-refractivity contribution in [1.82, 2.24) is 4.98 Å². The minimum absolute atomic E-state index is 0.233. The molecule has 5 heteroatoms. The van der Waals surface area contributed by atoms with Gasteiger partial charge in [0.1, 0.15) is 12.4 Å². The quantitative estimate of drug-likeness (QED) is 0.902. The van der Waals surface area contributed by atoms with Crippen LogP contribution < -0.4 is 10.1 Å². The number of rotatable bonds is 5. The Morgan fingerprint density at radius 3 is 2.95 bits per heavy atom. The third kappa shape index (κ3) is 3.92. The number of hydrogen-bond donors (Lipinski definition) is 1. The van der Waals surface area contributed by atoms with Gasteiger partial charge in [0.25, 0.3) is 0 Å². The molecule has 1 N–H and O–H groups in total. The third-order valence-electron chi connectivity index (χ3n) is 2.47. The van der Waals surface area contributed by atoms with Crippen LogP contribution in [-0.4, -0.2) is 11.5 Å². The lowest BCUT2D eigenvalue weighted by Crippen LogP contribution is -2.02. The van der Waals surface area contributed by atoms with Crippen molar-refractivity contribution in [3.05, 3.63) is 52.4 Å². The Balaban J connectivity index is 2.05. The van der Waals surface area contributed by atoms with Gasteiger partial charge in [-0.2, -0.15) is 0 Å². The molecule has 0 unspecified atom stereocenters. The van der Waals surface area contributed by atoms with E-state index in [1.165, 1.54) is 6.07 Å². The molecule has 100 valence electrons. The maximum absolute atomic E-state index is 13.5. The van der Waals surface area contributed by atoms with Crippen LogP contribution in [-0.2, 0) is 6.61 Å². The van der Waals surface area contributed by atoms with E-state index in [0.29, 0.717) is 6.61 Å². The monoisotopic (exact) mass is 324 g/mol. The second-order valence-electron chi connectivity index (χ2n) is 3.94. The topological polar surface area (TPSA) is 34.1 Å². The van der Waals surface area contributed by atoms with E-state index >= 15 is 0 Å². The number of anilines is 1. The predicted octanol–water partition coefficient (Wildman–Crippen LogP) is 3.99. The van der Waals surface area contributed by atoms with E-state index in [-0.39, 0.29) is 11.6 Å². The molecule has 1 aromatic heterocycles. The van der Waals surface area contributed by atoms with Crippen LogP contribution in [0.5, 0.6) is 5.75 Å². The smallest absolute Gasteiger partial charge is 0.165 e. The van der Waals surface area contributed by atoms with Crippen LogP contribution in [0, 0.1) is 5.82 Å². The fourth-order valence-corrected chi connectivity index (χ4v) is 1.93. The van der Waals surface area contributed by atoms with Gasteiger partial charge in [0.15, 0.2) is 11.6 Å². The van der Waals surface area contributed by atoms with Crippen molar-refractivity contribution in [2.45, 2.75) is 13.5 Å². The molecule has 0 aliphatic heterocycles. The van der Waals surface area contributed by atoms with Crippen LogP contribution in [0.1, 0.15) is 12.5 Å². The van der Waals surface area contributed by atoms with Crippen LogP contribution in [0.4, 0.5) is 10.2 Å². The Kier molecular flexibility index (Phi) is 4.74. The van der Waals surface area contributed by atoms with Gasteiger partial charge in [-0.25, -0.2) is 9.37 Å². The first-order valence-corrected chi connectivity index (χ1v) is 6.75. The fourth-order valence-electron chi connectivity index (χ4n) is 1.59. The van der Waals surface area contributed by atoms with E-state index in [2.05, 4.69) is 26.2 Å². The van der Waals surface area contributed by atoms with E-state index in [0.717, 1.165) is 22.4 Å². The standard InChI is InChI=1S/C14H14BrFN2O/c1-2-17-14-7-10(5-6-18-14)9-19-13-8-11(15)3-4-12(13)16/h3-8H,2,9H2,1H3,(H,17,18). The fraction of sp³-hybridized carbons (Fsp3) is 0.214. The third-order valence-corrected chi connectivity index (χ3v) is 2.96. The molecule has 0 bridgehead atoms. The average Bonchev–Trinajstić information content (AvgIpc) is 2.41. The Labute approximate surface area is 119 Å². The highest BCUT2D eigenvalue weighted by molar-refractivity contribution is 9.10. The zero-order chi connectivity index (χ0) is 13.7. The first-order valence-electron chi connectivity index (χ1n) is 5.95. The zero-order valence-electron chi connectivity index (χ0n) is 10.5. The minimum atomic E-state index is -0.371. The molecule has 3 nitrogen and oxygen atoms in total. The van der Waals surface area contributed by atoms with Crippen LogP contribution in [0.3, 0.4) is 0 Å². The van der Waals surface area contributed by atoms with Crippen LogP contribution >= 0.6 is 15.9 Å². The summed E-state index contributed by atoms with van der Waals surface area (Å²) < 4.78 is 19.8.